The first kappa shape index (κ1) is 16.4. The third kappa shape index (κ3) is 5.70. The molecular formula is C19H31NO. The van der Waals surface area contributed by atoms with Crippen molar-refractivity contribution in [1.82, 2.24) is 5.32 Å². The van der Waals surface area contributed by atoms with Gasteiger partial charge in [0.15, 0.2) is 0 Å². The van der Waals surface area contributed by atoms with Crippen LogP contribution in [0.25, 0.3) is 0 Å². The Kier molecular flexibility index (Phi) is 7.08. The van der Waals surface area contributed by atoms with Crippen molar-refractivity contribution in [3.63, 3.8) is 0 Å². The fourth-order valence-corrected chi connectivity index (χ4v) is 3.49. The number of hydrogen-bond donors (Lipinski definition) is 1. The minimum absolute atomic E-state index is 0.623. The lowest BCUT2D eigenvalue weighted by Gasteiger charge is -2.27. The zero-order valence-corrected chi connectivity index (χ0v) is 13.7. The molecule has 1 aliphatic carbocycles. The van der Waals surface area contributed by atoms with Gasteiger partial charge < -0.3 is 10.1 Å². The van der Waals surface area contributed by atoms with E-state index in [9.17, 15) is 0 Å². The van der Waals surface area contributed by atoms with Crippen molar-refractivity contribution in [2.24, 2.45) is 5.92 Å². The molecule has 0 amide bonds. The minimum Gasteiger partial charge on any atom is -0.494 e. The molecule has 0 aliphatic heterocycles. The first-order valence-electron chi connectivity index (χ1n) is 8.72. The Hall–Kier alpha value is -1.02. The minimum atomic E-state index is 0.623. The average molecular weight is 289 g/mol. The van der Waals surface area contributed by atoms with Crippen LogP contribution in [-0.2, 0) is 0 Å². The fourth-order valence-electron chi connectivity index (χ4n) is 3.49. The summed E-state index contributed by atoms with van der Waals surface area (Å²) in [6.07, 6.45) is 9.57. The third-order valence-electron chi connectivity index (χ3n) is 4.62. The lowest BCUT2D eigenvalue weighted by molar-refractivity contribution is 0.240. The molecule has 1 unspecified atom stereocenters. The summed E-state index contributed by atoms with van der Waals surface area (Å²) in [6, 6.07) is 8.98. The molecule has 2 heteroatoms. The molecule has 0 spiro atoms. The molecule has 1 aromatic rings. The standard InChI is InChI=1S/C19H31NO/c1-3-20-19(17-10-6-4-5-7-11-17)13-14-21-18-12-8-9-16(2)15-18/h8-9,12,15,17,19-20H,3-7,10-11,13-14H2,1-2H3. The molecule has 0 bridgehead atoms. The monoisotopic (exact) mass is 289 g/mol. The molecular weight excluding hydrogens is 258 g/mol. The van der Waals surface area contributed by atoms with Gasteiger partial charge in [-0.25, -0.2) is 0 Å². The van der Waals surface area contributed by atoms with Gasteiger partial charge in [-0.05, 0) is 56.3 Å². The number of benzene rings is 1. The van der Waals surface area contributed by atoms with Gasteiger partial charge in [-0.1, -0.05) is 44.7 Å². The van der Waals surface area contributed by atoms with E-state index in [1.807, 2.05) is 0 Å². The Balaban J connectivity index is 1.81. The van der Waals surface area contributed by atoms with Crippen molar-refractivity contribution in [3.05, 3.63) is 29.8 Å². The summed E-state index contributed by atoms with van der Waals surface area (Å²) in [7, 11) is 0. The topological polar surface area (TPSA) is 21.3 Å². The van der Waals surface area contributed by atoms with Crippen molar-refractivity contribution >= 4 is 0 Å². The van der Waals surface area contributed by atoms with Gasteiger partial charge in [0, 0.05) is 6.04 Å². The second-order valence-corrected chi connectivity index (χ2v) is 6.37. The van der Waals surface area contributed by atoms with Crippen molar-refractivity contribution in [3.8, 4) is 5.75 Å². The zero-order valence-electron chi connectivity index (χ0n) is 13.7. The van der Waals surface area contributed by atoms with E-state index in [1.54, 1.807) is 0 Å². The van der Waals surface area contributed by atoms with E-state index in [1.165, 1.54) is 44.1 Å². The predicted octanol–water partition coefficient (Wildman–Crippen LogP) is 4.71. The summed E-state index contributed by atoms with van der Waals surface area (Å²) < 4.78 is 5.95. The van der Waals surface area contributed by atoms with E-state index in [0.717, 1.165) is 31.2 Å². The highest BCUT2D eigenvalue weighted by Crippen LogP contribution is 2.27. The van der Waals surface area contributed by atoms with Gasteiger partial charge >= 0.3 is 0 Å². The van der Waals surface area contributed by atoms with Gasteiger partial charge in [0.2, 0.25) is 0 Å². The molecule has 0 aromatic heterocycles. The average Bonchev–Trinajstić information content (AvgIpc) is 2.75. The first-order valence-corrected chi connectivity index (χ1v) is 8.72. The van der Waals surface area contributed by atoms with E-state index >= 15 is 0 Å². The van der Waals surface area contributed by atoms with Gasteiger partial charge in [-0.3, -0.25) is 0 Å². The molecule has 0 radical (unpaired) electrons. The van der Waals surface area contributed by atoms with Gasteiger partial charge in [-0.2, -0.15) is 0 Å². The van der Waals surface area contributed by atoms with E-state index < -0.39 is 0 Å². The van der Waals surface area contributed by atoms with Crippen LogP contribution in [0.2, 0.25) is 0 Å². The normalized spacial score (nSPS) is 18.2. The quantitative estimate of drug-likeness (QED) is 0.734. The number of nitrogens with one attached hydrogen (secondary N) is 1. The fraction of sp³-hybridized carbons (Fsp3) is 0.684. The number of ether oxygens (including phenoxy) is 1. The van der Waals surface area contributed by atoms with E-state index in [0.29, 0.717) is 6.04 Å². The molecule has 1 aliphatic rings. The SMILES string of the molecule is CCNC(CCOc1cccc(C)c1)C1CCCCCC1. The van der Waals surface area contributed by atoms with Crippen LogP contribution in [0.3, 0.4) is 0 Å². The van der Waals surface area contributed by atoms with Crippen LogP contribution >= 0.6 is 0 Å². The molecule has 2 rings (SSSR count). The van der Waals surface area contributed by atoms with Crippen LogP contribution in [-0.4, -0.2) is 19.2 Å². The second kappa shape index (κ2) is 9.09. The lowest BCUT2D eigenvalue weighted by atomic mass is 9.90. The zero-order chi connectivity index (χ0) is 14.9. The van der Waals surface area contributed by atoms with Crippen LogP contribution in [0.4, 0.5) is 0 Å². The molecule has 1 fully saturated rings. The number of rotatable bonds is 7. The summed E-state index contributed by atoms with van der Waals surface area (Å²) in [5, 5.41) is 3.70. The summed E-state index contributed by atoms with van der Waals surface area (Å²) in [4.78, 5) is 0. The Bertz CT molecular complexity index is 396. The second-order valence-electron chi connectivity index (χ2n) is 6.37. The third-order valence-corrected chi connectivity index (χ3v) is 4.62. The number of aryl methyl sites for hydroxylation is 1. The molecule has 1 N–H and O–H groups in total. The van der Waals surface area contributed by atoms with E-state index in [-0.39, 0.29) is 0 Å². The van der Waals surface area contributed by atoms with E-state index in [4.69, 9.17) is 4.74 Å². The maximum Gasteiger partial charge on any atom is 0.119 e. The summed E-state index contributed by atoms with van der Waals surface area (Å²) in [5.74, 6) is 1.85. The summed E-state index contributed by atoms with van der Waals surface area (Å²) in [5.41, 5.74) is 1.26. The molecule has 0 heterocycles. The largest absolute Gasteiger partial charge is 0.494 e. The lowest BCUT2D eigenvalue weighted by Crippen LogP contribution is -2.37. The van der Waals surface area contributed by atoms with Gasteiger partial charge in [0.25, 0.3) is 0 Å². The molecule has 1 atom stereocenters. The van der Waals surface area contributed by atoms with Crippen LogP contribution in [0.5, 0.6) is 5.75 Å². The highest BCUT2D eigenvalue weighted by atomic mass is 16.5. The molecule has 21 heavy (non-hydrogen) atoms. The van der Waals surface area contributed by atoms with Crippen LogP contribution < -0.4 is 10.1 Å². The van der Waals surface area contributed by atoms with Crippen molar-refractivity contribution in [1.29, 1.82) is 0 Å². The smallest absolute Gasteiger partial charge is 0.119 e. The summed E-state index contributed by atoms with van der Waals surface area (Å²) >= 11 is 0. The highest BCUT2D eigenvalue weighted by Gasteiger charge is 2.21. The Morgan fingerprint density at radius 2 is 1.95 bits per heavy atom. The van der Waals surface area contributed by atoms with Crippen molar-refractivity contribution < 1.29 is 4.74 Å². The summed E-state index contributed by atoms with van der Waals surface area (Å²) in [6.45, 7) is 6.20. The predicted molar refractivity (Wildman–Crippen MR) is 89.9 cm³/mol. The molecule has 1 saturated carbocycles. The van der Waals surface area contributed by atoms with Crippen LogP contribution in [0.15, 0.2) is 24.3 Å². The Morgan fingerprint density at radius 3 is 2.62 bits per heavy atom. The maximum atomic E-state index is 5.95. The Morgan fingerprint density at radius 1 is 1.19 bits per heavy atom. The van der Waals surface area contributed by atoms with Gasteiger partial charge in [0.1, 0.15) is 5.75 Å². The van der Waals surface area contributed by atoms with E-state index in [2.05, 4.69) is 43.4 Å². The first-order chi connectivity index (χ1) is 10.3. The van der Waals surface area contributed by atoms with Crippen molar-refractivity contribution in [2.75, 3.05) is 13.2 Å². The number of hydrogen-bond acceptors (Lipinski definition) is 2. The van der Waals surface area contributed by atoms with Crippen molar-refractivity contribution in [2.45, 2.75) is 64.8 Å². The highest BCUT2D eigenvalue weighted by molar-refractivity contribution is 5.27. The molecule has 1 aromatic carbocycles. The van der Waals surface area contributed by atoms with Gasteiger partial charge in [-0.15, -0.1) is 0 Å². The molecule has 2 nitrogen and oxygen atoms in total. The van der Waals surface area contributed by atoms with Crippen LogP contribution in [0, 0.1) is 12.8 Å². The molecule has 118 valence electrons. The van der Waals surface area contributed by atoms with Crippen LogP contribution in [0.1, 0.15) is 57.4 Å². The van der Waals surface area contributed by atoms with Gasteiger partial charge in [0.05, 0.1) is 6.61 Å². The molecule has 0 saturated heterocycles. The maximum absolute atomic E-state index is 5.95. The Labute approximate surface area is 130 Å².